The van der Waals surface area contributed by atoms with Crippen LogP contribution in [0.25, 0.3) is 43.1 Å². The fourth-order valence-electron chi connectivity index (χ4n) is 18.4. The van der Waals surface area contributed by atoms with Crippen molar-refractivity contribution < 1.29 is 51.9 Å². The van der Waals surface area contributed by atoms with E-state index in [-0.39, 0.29) is 46.9 Å². The van der Waals surface area contributed by atoms with Crippen molar-refractivity contribution in [3.8, 4) is 0 Å². The molecule has 0 aliphatic carbocycles. The third kappa shape index (κ3) is 47.6. The number of hydrogen-bond acceptors (Lipinski definition) is 12. The first-order valence-corrected chi connectivity index (χ1v) is 57.5. The molecule has 0 N–H and O–H groups in total. The number of rotatable bonds is 68. The normalized spacial score (nSPS) is 11.9. The maximum absolute atomic E-state index is 12.0. The topological polar surface area (TPSA) is 229 Å². The summed E-state index contributed by atoms with van der Waals surface area (Å²) in [6, 6.07) is 38.7. The van der Waals surface area contributed by atoms with Crippen molar-refractivity contribution in [3.63, 3.8) is 0 Å². The van der Waals surface area contributed by atoms with E-state index in [9.17, 15) is 51.9 Å². The summed E-state index contributed by atoms with van der Waals surface area (Å²) in [6.07, 6.45) is 75.2. The second kappa shape index (κ2) is 69.2. The van der Waals surface area contributed by atoms with E-state index in [2.05, 4.69) is 128 Å². The average molecular weight is 2050 g/mol. The molecule has 724 valence electrons. The van der Waals surface area contributed by atoms with Gasteiger partial charge in [0.25, 0.3) is 0 Å². The van der Waals surface area contributed by atoms with Crippen LogP contribution in [0, 0.1) is 0 Å². The van der Waals surface area contributed by atoms with Gasteiger partial charge in [-0.3, -0.25) is 0 Å². The zero-order valence-electron chi connectivity index (χ0n) is 81.8. The SMILES string of the molecule is CCCCCCCCCc1ccc2ccc(S(=O)(=O)[O-])c(CCCCCCCCC)c2c1.CCCCCCCCCc1ccc2ccc(S(=O)(=O)[O-])c(CCCCCCCCC)c2c1.CCCCCCCCCc1ccc2ccc(S(=O)(=O)[O-])c(CCCCCCCCC)c2c1.CCCCCCCCCc1ccc2ccc(S(=O)(=O)[O-])c(CCCCCCCCC)c2c1.[Pb]. The maximum atomic E-state index is 12.0. The van der Waals surface area contributed by atoms with Gasteiger partial charge >= 0.3 is 0 Å². The van der Waals surface area contributed by atoms with E-state index in [1.807, 2.05) is 0 Å². The Hall–Kier alpha value is -4.64. The summed E-state index contributed by atoms with van der Waals surface area (Å²) < 4.78 is 143. The Morgan fingerprint density at radius 3 is 0.434 bits per heavy atom. The molecule has 8 aromatic carbocycles. The monoisotopic (exact) mass is 2050 g/mol. The van der Waals surface area contributed by atoms with E-state index >= 15 is 0 Å². The Kier molecular flexibility index (Phi) is 62.6. The van der Waals surface area contributed by atoms with E-state index in [4.69, 9.17) is 0 Å². The fourth-order valence-corrected chi connectivity index (χ4v) is 21.4. The zero-order valence-corrected chi connectivity index (χ0v) is 89.0. The minimum Gasteiger partial charge on any atom is -0.744 e. The quantitative estimate of drug-likeness (QED) is 0.0197. The number of benzene rings is 8. The molecule has 8 aromatic rings. The fraction of sp³-hybridized carbons (Fsp3) is 0.643. The van der Waals surface area contributed by atoms with Crippen molar-refractivity contribution in [2.45, 2.75) is 486 Å². The zero-order chi connectivity index (χ0) is 92.9. The number of aryl methyl sites for hydroxylation is 8. The number of fused-ring (bicyclic) bond motifs is 4. The van der Waals surface area contributed by atoms with Crippen molar-refractivity contribution in [1.82, 2.24) is 0 Å². The summed E-state index contributed by atoms with van der Waals surface area (Å²) in [5.74, 6) is 0. The van der Waals surface area contributed by atoms with Crippen LogP contribution in [0.2, 0.25) is 0 Å². The van der Waals surface area contributed by atoms with Crippen LogP contribution >= 0.6 is 0 Å². The van der Waals surface area contributed by atoms with E-state index in [1.54, 1.807) is 24.3 Å². The van der Waals surface area contributed by atoms with Crippen LogP contribution < -0.4 is 0 Å². The van der Waals surface area contributed by atoms with Crippen LogP contribution in [0.1, 0.15) is 459 Å². The molecule has 0 aromatic heterocycles. The molecule has 0 amide bonds. The molecule has 0 aliphatic heterocycles. The van der Waals surface area contributed by atoms with Crippen molar-refractivity contribution in [2.24, 2.45) is 0 Å². The van der Waals surface area contributed by atoms with Crippen molar-refractivity contribution in [1.29, 1.82) is 0 Å². The van der Waals surface area contributed by atoms with Gasteiger partial charge in [0, 0.05) is 27.3 Å². The molecular weight excluding hydrogens is 1870 g/mol. The van der Waals surface area contributed by atoms with Crippen LogP contribution in [-0.2, 0) is 91.8 Å². The molecule has 0 bridgehead atoms. The second-order valence-electron chi connectivity index (χ2n) is 37.2. The number of unbranched alkanes of at least 4 members (excludes halogenated alkanes) is 48. The van der Waals surface area contributed by atoms with Gasteiger partial charge in [-0.2, -0.15) is 0 Å². The Bertz CT molecular complexity index is 4220. The van der Waals surface area contributed by atoms with Crippen LogP contribution in [0.15, 0.2) is 141 Å². The van der Waals surface area contributed by atoms with E-state index in [0.29, 0.717) is 25.7 Å². The van der Waals surface area contributed by atoms with E-state index in [0.717, 1.165) is 168 Å². The Balaban J connectivity index is 0.000000359. The molecule has 0 heterocycles. The van der Waals surface area contributed by atoms with Crippen LogP contribution in [-0.4, -0.2) is 79.2 Å². The smallest absolute Gasteiger partial charge is 0.124 e. The summed E-state index contributed by atoms with van der Waals surface area (Å²) >= 11 is 0. The molecule has 4 radical (unpaired) electrons. The molecule has 0 atom stereocenters. The molecule has 12 nitrogen and oxygen atoms in total. The van der Waals surface area contributed by atoms with Crippen molar-refractivity contribution >= 4 is 111 Å². The van der Waals surface area contributed by atoms with Gasteiger partial charge in [0.2, 0.25) is 0 Å². The first kappa shape index (κ1) is 117. The summed E-state index contributed by atoms with van der Waals surface area (Å²) in [4.78, 5) is -0.0961. The van der Waals surface area contributed by atoms with Crippen molar-refractivity contribution in [2.75, 3.05) is 0 Å². The summed E-state index contributed by atoms with van der Waals surface area (Å²) in [6.45, 7) is 17.8. The van der Waals surface area contributed by atoms with Gasteiger partial charge in [0.1, 0.15) is 40.5 Å². The largest absolute Gasteiger partial charge is 0.744 e. The predicted molar refractivity (Wildman–Crippen MR) is 547 cm³/mol. The van der Waals surface area contributed by atoms with Gasteiger partial charge < -0.3 is 18.2 Å². The Labute approximate surface area is 807 Å². The second-order valence-corrected chi connectivity index (χ2v) is 42.6. The minimum absolute atomic E-state index is 0. The molecule has 8 rings (SSSR count). The van der Waals surface area contributed by atoms with Gasteiger partial charge in [0.15, 0.2) is 0 Å². The van der Waals surface area contributed by atoms with Crippen LogP contribution in [0.3, 0.4) is 0 Å². The molecule has 129 heavy (non-hydrogen) atoms. The maximum Gasteiger partial charge on any atom is 0.124 e. The molecular formula is C112H172O12PbS4-4. The first-order valence-electron chi connectivity index (χ1n) is 51.9. The molecule has 0 spiro atoms. The van der Waals surface area contributed by atoms with Gasteiger partial charge in [-0.1, -0.05) is 461 Å². The summed E-state index contributed by atoms with van der Waals surface area (Å²) in [5.41, 5.74) is 7.89. The standard InChI is InChI=1S/4C28H44O3S.Pb/c4*1-3-5-7-9-11-13-15-17-24-19-20-25-21-22-28(32(29,30)31)26(27(25)23-24)18-16-14-12-10-8-6-4-2;/h4*19-23H,3-18H2,1-2H3,(H,29,30,31);/p-4. The third-order valence-corrected chi connectivity index (χ3v) is 29.8. The summed E-state index contributed by atoms with van der Waals surface area (Å²) in [7, 11) is -17.9. The van der Waals surface area contributed by atoms with Crippen molar-refractivity contribution in [3.05, 3.63) is 166 Å². The molecule has 0 fully saturated rings. The predicted octanol–water partition coefficient (Wildman–Crippen LogP) is 32.9. The molecule has 0 saturated heterocycles. The van der Waals surface area contributed by atoms with Crippen LogP contribution in [0.5, 0.6) is 0 Å². The molecule has 0 saturated carbocycles. The third-order valence-electron chi connectivity index (χ3n) is 26.1. The Morgan fingerprint density at radius 1 is 0.171 bits per heavy atom. The van der Waals surface area contributed by atoms with Gasteiger partial charge in [-0.05, 0) is 215 Å². The van der Waals surface area contributed by atoms with Gasteiger partial charge in [0.05, 0.1) is 19.6 Å². The van der Waals surface area contributed by atoms with Gasteiger partial charge in [-0.25, -0.2) is 33.7 Å². The minimum atomic E-state index is -4.47. The molecule has 0 aliphatic rings. The molecule has 0 unspecified atom stereocenters. The Morgan fingerprint density at radius 2 is 0.295 bits per heavy atom. The van der Waals surface area contributed by atoms with Crippen LogP contribution in [0.4, 0.5) is 0 Å². The van der Waals surface area contributed by atoms with E-state index in [1.165, 1.54) is 329 Å². The van der Waals surface area contributed by atoms with E-state index < -0.39 is 40.5 Å². The summed E-state index contributed by atoms with van der Waals surface area (Å²) in [5, 5.41) is 7.91. The van der Waals surface area contributed by atoms with Gasteiger partial charge in [-0.15, -0.1) is 0 Å². The number of hydrogen-bond donors (Lipinski definition) is 0. The first-order chi connectivity index (χ1) is 61.9. The average Bonchev–Trinajstić information content (AvgIpc) is 0.796. The molecule has 17 heteroatoms.